The minimum absolute atomic E-state index is 0.134. The van der Waals surface area contributed by atoms with Crippen LogP contribution in [0.4, 0.5) is 5.69 Å². The van der Waals surface area contributed by atoms with Gasteiger partial charge in [-0.05, 0) is 24.3 Å². The highest BCUT2D eigenvalue weighted by molar-refractivity contribution is 7.90. The first-order valence-electron chi connectivity index (χ1n) is 5.58. The highest BCUT2D eigenvalue weighted by Gasteiger charge is 2.25. The molecular formula is C12H12N2O2S2. The number of sulfone groups is 1. The van der Waals surface area contributed by atoms with Crippen molar-refractivity contribution < 1.29 is 8.42 Å². The van der Waals surface area contributed by atoms with Crippen molar-refractivity contribution in [1.29, 1.82) is 0 Å². The molecule has 4 nitrogen and oxygen atoms in total. The number of rotatable bonds is 1. The minimum Gasteiger partial charge on any atom is -0.399 e. The Morgan fingerprint density at radius 1 is 1.22 bits per heavy atom. The van der Waals surface area contributed by atoms with Crippen molar-refractivity contribution in [2.75, 3.05) is 11.5 Å². The Bertz CT molecular complexity index is 687. The molecule has 2 N–H and O–H groups in total. The van der Waals surface area contributed by atoms with Crippen LogP contribution in [0.25, 0.3) is 10.6 Å². The zero-order chi connectivity index (χ0) is 12.8. The Hall–Kier alpha value is -1.40. The van der Waals surface area contributed by atoms with Crippen LogP contribution in [-0.2, 0) is 22.0 Å². The molecule has 2 aromatic rings. The Labute approximate surface area is 109 Å². The summed E-state index contributed by atoms with van der Waals surface area (Å²) < 4.78 is 23.1. The monoisotopic (exact) mass is 280 g/mol. The van der Waals surface area contributed by atoms with Crippen molar-refractivity contribution >= 4 is 26.9 Å². The summed E-state index contributed by atoms with van der Waals surface area (Å²) in [5.74, 6) is 0.347. The number of thiazole rings is 1. The van der Waals surface area contributed by atoms with Crippen molar-refractivity contribution in [2.24, 2.45) is 0 Å². The molecule has 0 aliphatic carbocycles. The Balaban J connectivity index is 2.01. The van der Waals surface area contributed by atoms with E-state index in [-0.39, 0.29) is 11.5 Å². The van der Waals surface area contributed by atoms with Crippen molar-refractivity contribution in [1.82, 2.24) is 4.98 Å². The number of hydrogen-bond acceptors (Lipinski definition) is 5. The lowest BCUT2D eigenvalue weighted by Gasteiger charge is -2.09. The van der Waals surface area contributed by atoms with Crippen LogP contribution in [-0.4, -0.2) is 19.2 Å². The molecule has 1 aromatic carbocycles. The molecule has 1 aliphatic rings. The van der Waals surface area contributed by atoms with Crippen molar-refractivity contribution in [3.63, 3.8) is 0 Å². The molecule has 94 valence electrons. The molecule has 3 rings (SSSR count). The van der Waals surface area contributed by atoms with Crippen LogP contribution in [0.15, 0.2) is 24.3 Å². The number of fused-ring (bicyclic) bond motifs is 1. The van der Waals surface area contributed by atoms with Gasteiger partial charge in [0.15, 0.2) is 9.84 Å². The highest BCUT2D eigenvalue weighted by atomic mass is 32.2. The molecule has 18 heavy (non-hydrogen) atoms. The van der Waals surface area contributed by atoms with Crippen LogP contribution >= 0.6 is 11.3 Å². The molecule has 0 bridgehead atoms. The molecule has 0 radical (unpaired) electrons. The predicted molar refractivity (Wildman–Crippen MR) is 73.2 cm³/mol. The number of nitrogen functional groups attached to an aromatic ring is 1. The van der Waals surface area contributed by atoms with E-state index in [9.17, 15) is 8.42 Å². The molecule has 0 saturated carbocycles. The van der Waals surface area contributed by atoms with Gasteiger partial charge in [0.25, 0.3) is 0 Å². The maximum absolute atomic E-state index is 11.6. The first-order valence-corrected chi connectivity index (χ1v) is 8.22. The van der Waals surface area contributed by atoms with E-state index in [2.05, 4.69) is 4.98 Å². The summed E-state index contributed by atoms with van der Waals surface area (Å²) in [5, 5.41) is 0.872. The lowest BCUT2D eigenvalue weighted by molar-refractivity contribution is 0.591. The number of aryl methyl sites for hydroxylation is 1. The second-order valence-electron chi connectivity index (χ2n) is 4.35. The third kappa shape index (κ3) is 2.13. The van der Waals surface area contributed by atoms with E-state index in [1.807, 2.05) is 24.3 Å². The summed E-state index contributed by atoms with van der Waals surface area (Å²) >= 11 is 1.47. The zero-order valence-electron chi connectivity index (χ0n) is 9.59. The summed E-state index contributed by atoms with van der Waals surface area (Å²) in [6.45, 7) is 0. The maximum Gasteiger partial charge on any atom is 0.155 e. The SMILES string of the molecule is Nc1ccc(-c2nc3c(s2)CS(=O)(=O)CC3)cc1. The van der Waals surface area contributed by atoms with Crippen LogP contribution < -0.4 is 5.73 Å². The van der Waals surface area contributed by atoms with E-state index in [1.165, 1.54) is 11.3 Å². The Morgan fingerprint density at radius 3 is 2.67 bits per heavy atom. The summed E-state index contributed by atoms with van der Waals surface area (Å²) in [4.78, 5) is 5.41. The molecule has 0 unspecified atom stereocenters. The van der Waals surface area contributed by atoms with Gasteiger partial charge in [-0.2, -0.15) is 0 Å². The van der Waals surface area contributed by atoms with Gasteiger partial charge < -0.3 is 5.73 Å². The van der Waals surface area contributed by atoms with Crippen LogP contribution in [0.1, 0.15) is 10.6 Å². The minimum atomic E-state index is -2.92. The lowest BCUT2D eigenvalue weighted by Crippen LogP contribution is -2.17. The van der Waals surface area contributed by atoms with E-state index in [1.54, 1.807) is 0 Å². The standard InChI is InChI=1S/C12H12N2O2S2/c13-9-3-1-8(2-4-9)12-14-10-5-6-18(15,16)7-11(10)17-12/h1-4H,5-7,13H2. The molecule has 0 fully saturated rings. The molecule has 0 amide bonds. The molecule has 0 saturated heterocycles. The van der Waals surface area contributed by atoms with E-state index >= 15 is 0 Å². The van der Waals surface area contributed by atoms with Gasteiger partial charge in [-0.3, -0.25) is 0 Å². The molecule has 0 spiro atoms. The van der Waals surface area contributed by atoms with E-state index < -0.39 is 9.84 Å². The fourth-order valence-electron chi connectivity index (χ4n) is 1.96. The third-order valence-electron chi connectivity index (χ3n) is 2.94. The second kappa shape index (κ2) is 4.07. The average molecular weight is 280 g/mol. The number of benzene rings is 1. The summed E-state index contributed by atoms with van der Waals surface area (Å²) in [7, 11) is -2.92. The summed E-state index contributed by atoms with van der Waals surface area (Å²) in [6.07, 6.45) is 0.531. The van der Waals surface area contributed by atoms with Gasteiger partial charge in [0, 0.05) is 22.5 Å². The van der Waals surface area contributed by atoms with Gasteiger partial charge in [-0.25, -0.2) is 13.4 Å². The fraction of sp³-hybridized carbons (Fsp3) is 0.250. The van der Waals surface area contributed by atoms with Crippen LogP contribution in [0.2, 0.25) is 0 Å². The molecule has 1 aliphatic heterocycles. The van der Waals surface area contributed by atoms with Gasteiger partial charge in [0.1, 0.15) is 5.01 Å². The van der Waals surface area contributed by atoms with Crippen LogP contribution in [0, 0.1) is 0 Å². The topological polar surface area (TPSA) is 73.0 Å². The van der Waals surface area contributed by atoms with Crippen molar-refractivity contribution in [3.05, 3.63) is 34.8 Å². The maximum atomic E-state index is 11.6. The molecule has 2 heterocycles. The molecular weight excluding hydrogens is 268 g/mol. The average Bonchev–Trinajstić information content (AvgIpc) is 2.71. The first kappa shape index (κ1) is 11.7. The normalized spacial score (nSPS) is 17.3. The van der Waals surface area contributed by atoms with Gasteiger partial charge >= 0.3 is 0 Å². The fourth-order valence-corrected chi connectivity index (χ4v) is 4.86. The number of aromatic nitrogens is 1. The Kier molecular flexibility index (Phi) is 2.64. The third-order valence-corrected chi connectivity index (χ3v) is 5.82. The van der Waals surface area contributed by atoms with Crippen molar-refractivity contribution in [2.45, 2.75) is 12.2 Å². The first-order chi connectivity index (χ1) is 8.53. The molecule has 0 atom stereocenters. The smallest absolute Gasteiger partial charge is 0.155 e. The number of anilines is 1. The number of nitrogens with zero attached hydrogens (tertiary/aromatic N) is 1. The lowest BCUT2D eigenvalue weighted by atomic mass is 10.2. The second-order valence-corrected chi connectivity index (χ2v) is 7.62. The summed E-state index contributed by atoms with van der Waals surface area (Å²) in [6, 6.07) is 7.47. The quantitative estimate of drug-likeness (QED) is 0.809. The van der Waals surface area contributed by atoms with E-state index in [0.29, 0.717) is 12.1 Å². The number of hydrogen-bond donors (Lipinski definition) is 1. The van der Waals surface area contributed by atoms with Gasteiger partial charge in [-0.1, -0.05) is 0 Å². The van der Waals surface area contributed by atoms with Crippen LogP contribution in [0.5, 0.6) is 0 Å². The molecule has 1 aromatic heterocycles. The predicted octanol–water partition coefficient (Wildman–Crippen LogP) is 1.86. The van der Waals surface area contributed by atoms with Gasteiger partial charge in [-0.15, -0.1) is 11.3 Å². The van der Waals surface area contributed by atoms with Gasteiger partial charge in [0.05, 0.1) is 17.2 Å². The van der Waals surface area contributed by atoms with Crippen LogP contribution in [0.3, 0.4) is 0 Å². The number of nitrogens with two attached hydrogens (primary N) is 1. The van der Waals surface area contributed by atoms with Crippen molar-refractivity contribution in [3.8, 4) is 10.6 Å². The van der Waals surface area contributed by atoms with E-state index in [0.717, 1.165) is 21.1 Å². The highest BCUT2D eigenvalue weighted by Crippen LogP contribution is 2.32. The van der Waals surface area contributed by atoms with Gasteiger partial charge in [0.2, 0.25) is 0 Å². The Morgan fingerprint density at radius 2 is 1.94 bits per heavy atom. The van der Waals surface area contributed by atoms with E-state index in [4.69, 9.17) is 5.73 Å². The summed E-state index contributed by atoms with van der Waals surface area (Å²) in [5.41, 5.74) is 8.27. The zero-order valence-corrected chi connectivity index (χ0v) is 11.2. The largest absolute Gasteiger partial charge is 0.399 e. The molecule has 6 heteroatoms.